The van der Waals surface area contributed by atoms with E-state index in [1.807, 2.05) is 18.2 Å². The second kappa shape index (κ2) is 7.41. The number of alkyl halides is 3. The Hall–Kier alpha value is -2.24. The fourth-order valence-corrected chi connectivity index (χ4v) is 3.26. The molecule has 0 radical (unpaired) electrons. The van der Waals surface area contributed by atoms with Gasteiger partial charge in [-0.2, -0.15) is 18.2 Å². The lowest BCUT2D eigenvalue weighted by Gasteiger charge is -2.10. The van der Waals surface area contributed by atoms with Crippen LogP contribution in [0.1, 0.15) is 29.2 Å². The average Bonchev–Trinajstić information content (AvgIpc) is 2.99. The number of hydrogen-bond donors (Lipinski definition) is 1. The molecule has 0 unspecified atom stereocenters. The number of carbonyl (C=O) groups excluding carboxylic acids is 1. The number of nitrogens with one attached hydrogen (secondary N) is 1. The number of benzene rings is 1. The quantitative estimate of drug-likeness (QED) is 0.564. The summed E-state index contributed by atoms with van der Waals surface area (Å²) < 4.78 is 40.6. The molecule has 142 valence electrons. The number of hydrogen-bond acceptors (Lipinski definition) is 4. The Morgan fingerprint density at radius 1 is 1.26 bits per heavy atom. The van der Waals surface area contributed by atoms with Gasteiger partial charge >= 0.3 is 6.18 Å². The highest BCUT2D eigenvalue weighted by Gasteiger charge is 2.36. The van der Waals surface area contributed by atoms with Gasteiger partial charge in [0, 0.05) is 27.1 Å². The van der Waals surface area contributed by atoms with Crippen LogP contribution in [0, 0.1) is 17.4 Å². The van der Waals surface area contributed by atoms with E-state index in [4.69, 9.17) is 0 Å². The number of halogens is 4. The minimum Gasteiger partial charge on any atom is -0.326 e. The first-order valence-electron chi connectivity index (χ1n) is 8.00. The van der Waals surface area contributed by atoms with E-state index < -0.39 is 12.0 Å². The molecule has 1 amide bonds. The third-order valence-corrected chi connectivity index (χ3v) is 4.68. The molecule has 3 aromatic rings. The lowest BCUT2D eigenvalue weighted by atomic mass is 10.1. The van der Waals surface area contributed by atoms with Gasteiger partial charge in [0.25, 0.3) is 11.6 Å². The summed E-state index contributed by atoms with van der Waals surface area (Å²) in [6.45, 7) is 3.32. The van der Waals surface area contributed by atoms with E-state index >= 15 is 0 Å². The van der Waals surface area contributed by atoms with Crippen molar-refractivity contribution in [2.75, 3.05) is 5.32 Å². The molecule has 0 saturated carbocycles. The van der Waals surface area contributed by atoms with Crippen molar-refractivity contribution in [1.82, 2.24) is 19.6 Å². The predicted octanol–water partition coefficient (Wildman–Crippen LogP) is 3.94. The molecule has 3 rings (SSSR count). The zero-order chi connectivity index (χ0) is 19.8. The second-order valence-electron chi connectivity index (χ2n) is 5.96. The number of anilines is 1. The Labute approximate surface area is 166 Å². The summed E-state index contributed by atoms with van der Waals surface area (Å²) in [5.74, 6) is -1.53. The summed E-state index contributed by atoms with van der Waals surface area (Å²) in [4.78, 5) is 19.7. The summed E-state index contributed by atoms with van der Waals surface area (Å²) in [6, 6.07) is 7.39. The lowest BCUT2D eigenvalue weighted by molar-refractivity contribution is -0.144. The SMILES string of the molecule is Cc1nc2nc(C(F)(F)F)nn2c(C)c1CCC(=O)Nc1cccc(I)c1. The van der Waals surface area contributed by atoms with Crippen LogP contribution in [0.25, 0.3) is 5.78 Å². The van der Waals surface area contributed by atoms with Gasteiger partial charge in [0.15, 0.2) is 0 Å². The number of aryl methyl sites for hydroxylation is 2. The topological polar surface area (TPSA) is 72.2 Å². The largest absolute Gasteiger partial charge is 0.453 e. The molecule has 1 N–H and O–H groups in total. The van der Waals surface area contributed by atoms with Crippen LogP contribution in [-0.4, -0.2) is 25.5 Å². The molecule has 0 spiro atoms. The first-order valence-corrected chi connectivity index (χ1v) is 9.08. The van der Waals surface area contributed by atoms with E-state index in [0.717, 1.165) is 8.09 Å². The molecule has 6 nitrogen and oxygen atoms in total. The molecule has 1 aromatic carbocycles. The molecule has 10 heteroatoms. The van der Waals surface area contributed by atoms with Gasteiger partial charge < -0.3 is 5.32 Å². The van der Waals surface area contributed by atoms with E-state index in [-0.39, 0.29) is 18.1 Å². The third kappa shape index (κ3) is 4.37. The van der Waals surface area contributed by atoms with Crippen molar-refractivity contribution in [3.63, 3.8) is 0 Å². The number of nitrogens with zero attached hydrogens (tertiary/aromatic N) is 4. The predicted molar refractivity (Wildman–Crippen MR) is 101 cm³/mol. The molecule has 27 heavy (non-hydrogen) atoms. The van der Waals surface area contributed by atoms with Gasteiger partial charge in [0.05, 0.1) is 0 Å². The molecule has 0 fully saturated rings. The van der Waals surface area contributed by atoms with Gasteiger partial charge in [-0.15, -0.1) is 5.10 Å². The molecular formula is C17H15F3IN5O. The normalized spacial score (nSPS) is 11.8. The van der Waals surface area contributed by atoms with E-state index in [9.17, 15) is 18.0 Å². The summed E-state index contributed by atoms with van der Waals surface area (Å²) in [6.07, 6.45) is -4.14. The maximum atomic E-state index is 12.8. The van der Waals surface area contributed by atoms with Crippen LogP contribution in [0.15, 0.2) is 24.3 Å². The first-order chi connectivity index (χ1) is 12.6. The van der Waals surface area contributed by atoms with Gasteiger partial charge in [-0.25, -0.2) is 9.50 Å². The molecule has 0 aliphatic heterocycles. The van der Waals surface area contributed by atoms with Crippen molar-refractivity contribution in [2.24, 2.45) is 0 Å². The average molecular weight is 489 g/mol. The second-order valence-corrected chi connectivity index (χ2v) is 7.21. The Kier molecular flexibility index (Phi) is 5.36. The summed E-state index contributed by atoms with van der Waals surface area (Å²) in [5.41, 5.74) is 2.39. The monoisotopic (exact) mass is 489 g/mol. The Morgan fingerprint density at radius 3 is 2.67 bits per heavy atom. The molecular weight excluding hydrogens is 474 g/mol. The van der Waals surface area contributed by atoms with Crippen molar-refractivity contribution in [3.8, 4) is 0 Å². The van der Waals surface area contributed by atoms with Gasteiger partial charge in [-0.3, -0.25) is 4.79 Å². The van der Waals surface area contributed by atoms with E-state index in [1.54, 1.807) is 19.9 Å². The number of rotatable bonds is 4. The summed E-state index contributed by atoms with van der Waals surface area (Å²) in [5, 5.41) is 6.31. The molecule has 2 heterocycles. The minimum absolute atomic E-state index is 0.107. The van der Waals surface area contributed by atoms with E-state index in [0.29, 0.717) is 29.1 Å². The van der Waals surface area contributed by atoms with Crippen LogP contribution in [0.2, 0.25) is 0 Å². The van der Waals surface area contributed by atoms with Gasteiger partial charge in [-0.1, -0.05) is 6.07 Å². The Morgan fingerprint density at radius 2 is 2.00 bits per heavy atom. The standard InChI is InChI=1S/C17H15F3IN5O/c1-9-13(6-7-14(27)23-12-5-3-4-11(21)8-12)10(2)26-16(22-9)24-15(25-26)17(18,19)20/h3-5,8H,6-7H2,1-2H3,(H,23,27). The first kappa shape index (κ1) is 19.5. The fourth-order valence-electron chi connectivity index (χ4n) is 2.72. The Balaban J connectivity index is 1.79. The molecule has 0 saturated heterocycles. The Bertz CT molecular complexity index is 1020. The van der Waals surface area contributed by atoms with Crippen molar-refractivity contribution in [1.29, 1.82) is 0 Å². The maximum Gasteiger partial charge on any atom is 0.453 e. The highest BCUT2D eigenvalue weighted by atomic mass is 127. The van der Waals surface area contributed by atoms with Crippen LogP contribution >= 0.6 is 22.6 Å². The van der Waals surface area contributed by atoms with Crippen molar-refractivity contribution in [2.45, 2.75) is 32.9 Å². The molecule has 0 aliphatic rings. The third-order valence-electron chi connectivity index (χ3n) is 4.01. The molecule has 0 bridgehead atoms. The van der Waals surface area contributed by atoms with E-state index in [1.165, 1.54) is 0 Å². The van der Waals surface area contributed by atoms with Crippen molar-refractivity contribution in [3.05, 3.63) is 50.6 Å². The van der Waals surface area contributed by atoms with Crippen LogP contribution in [0.3, 0.4) is 0 Å². The maximum absolute atomic E-state index is 12.8. The zero-order valence-corrected chi connectivity index (χ0v) is 16.6. The van der Waals surface area contributed by atoms with Gasteiger partial charge in [0.2, 0.25) is 5.91 Å². The van der Waals surface area contributed by atoms with Gasteiger partial charge in [0.1, 0.15) is 0 Å². The fraction of sp³-hybridized carbons (Fsp3) is 0.294. The lowest BCUT2D eigenvalue weighted by Crippen LogP contribution is -2.14. The van der Waals surface area contributed by atoms with E-state index in [2.05, 4.69) is 43.0 Å². The number of carbonyl (C=O) groups is 1. The zero-order valence-electron chi connectivity index (χ0n) is 14.4. The molecule has 2 aromatic heterocycles. The summed E-state index contributed by atoms with van der Waals surface area (Å²) in [7, 11) is 0. The highest BCUT2D eigenvalue weighted by molar-refractivity contribution is 14.1. The van der Waals surface area contributed by atoms with Gasteiger partial charge in [-0.05, 0) is 66.6 Å². The number of aromatic nitrogens is 4. The smallest absolute Gasteiger partial charge is 0.326 e. The van der Waals surface area contributed by atoms with Crippen LogP contribution in [-0.2, 0) is 17.4 Å². The van der Waals surface area contributed by atoms with Crippen molar-refractivity contribution >= 4 is 40.0 Å². The van der Waals surface area contributed by atoms with Crippen LogP contribution in [0.4, 0.5) is 18.9 Å². The van der Waals surface area contributed by atoms with Crippen molar-refractivity contribution < 1.29 is 18.0 Å². The number of fused-ring (bicyclic) bond motifs is 1. The number of amides is 1. The molecule has 0 atom stereocenters. The van der Waals surface area contributed by atoms with Crippen LogP contribution in [0.5, 0.6) is 0 Å². The van der Waals surface area contributed by atoms with Crippen LogP contribution < -0.4 is 5.32 Å². The minimum atomic E-state index is -4.64. The highest BCUT2D eigenvalue weighted by Crippen LogP contribution is 2.27. The molecule has 0 aliphatic carbocycles. The summed E-state index contributed by atoms with van der Waals surface area (Å²) >= 11 is 2.15.